The molecule has 25 heavy (non-hydrogen) atoms. The average molecular weight is 342 g/mol. The first-order chi connectivity index (χ1) is 12.2. The van der Waals surface area contributed by atoms with Gasteiger partial charge in [-0.2, -0.15) is 10.1 Å². The van der Waals surface area contributed by atoms with Crippen LogP contribution in [0, 0.1) is 0 Å². The van der Waals surface area contributed by atoms with Crippen molar-refractivity contribution in [3.05, 3.63) is 36.0 Å². The molecule has 0 saturated carbocycles. The van der Waals surface area contributed by atoms with E-state index in [4.69, 9.17) is 4.74 Å². The Morgan fingerprint density at radius 3 is 2.72 bits per heavy atom. The number of anilines is 2. The van der Waals surface area contributed by atoms with Crippen LogP contribution in [0.4, 0.5) is 11.8 Å². The smallest absolute Gasteiger partial charge is 0.247 e. The summed E-state index contributed by atoms with van der Waals surface area (Å²) in [7, 11) is 1.66. The number of methoxy groups -OCH3 is 1. The van der Waals surface area contributed by atoms with Gasteiger partial charge in [0.2, 0.25) is 11.9 Å². The maximum Gasteiger partial charge on any atom is 0.247 e. The van der Waals surface area contributed by atoms with Gasteiger partial charge in [-0.3, -0.25) is 4.79 Å². The summed E-state index contributed by atoms with van der Waals surface area (Å²) in [4.78, 5) is 19.8. The number of nitrogens with zero attached hydrogens (tertiary/aromatic N) is 5. The molecule has 1 aliphatic heterocycles. The average Bonchev–Trinajstić information content (AvgIpc) is 2.67. The summed E-state index contributed by atoms with van der Waals surface area (Å²) < 4.78 is 5.35. The molecular formula is C17H22N6O2. The van der Waals surface area contributed by atoms with E-state index < -0.39 is 0 Å². The van der Waals surface area contributed by atoms with Crippen LogP contribution in [0.3, 0.4) is 0 Å². The molecule has 1 saturated heterocycles. The van der Waals surface area contributed by atoms with E-state index in [0.717, 1.165) is 11.3 Å². The van der Waals surface area contributed by atoms with Crippen LogP contribution in [0.25, 0.3) is 0 Å². The van der Waals surface area contributed by atoms with Crippen molar-refractivity contribution in [1.82, 2.24) is 20.1 Å². The van der Waals surface area contributed by atoms with Crippen LogP contribution < -0.4 is 15.0 Å². The van der Waals surface area contributed by atoms with Gasteiger partial charge in [0.05, 0.1) is 13.3 Å². The van der Waals surface area contributed by atoms with Gasteiger partial charge in [0, 0.05) is 45.2 Å². The normalized spacial score (nSPS) is 14.3. The highest BCUT2D eigenvalue weighted by Gasteiger charge is 2.20. The second-order valence-corrected chi connectivity index (χ2v) is 5.80. The minimum atomic E-state index is 0.103. The summed E-state index contributed by atoms with van der Waals surface area (Å²) in [6.45, 7) is 4.94. The van der Waals surface area contributed by atoms with Gasteiger partial charge < -0.3 is 19.9 Å². The van der Waals surface area contributed by atoms with Crippen molar-refractivity contribution in [2.75, 3.05) is 43.5 Å². The molecular weight excluding hydrogens is 320 g/mol. The minimum absolute atomic E-state index is 0.103. The highest BCUT2D eigenvalue weighted by atomic mass is 16.5. The van der Waals surface area contributed by atoms with Crippen LogP contribution in [0.15, 0.2) is 30.5 Å². The number of amides is 1. The van der Waals surface area contributed by atoms with E-state index >= 15 is 0 Å². The maximum atomic E-state index is 11.4. The molecule has 1 aromatic heterocycles. The fourth-order valence-corrected chi connectivity index (χ4v) is 2.77. The number of rotatable bonds is 5. The lowest BCUT2D eigenvalue weighted by molar-refractivity contribution is -0.129. The topological polar surface area (TPSA) is 83.5 Å². The Balaban J connectivity index is 1.63. The number of aromatic nitrogens is 3. The summed E-state index contributed by atoms with van der Waals surface area (Å²) in [6, 6.07) is 7.84. The minimum Gasteiger partial charge on any atom is -0.496 e. The molecule has 1 aromatic carbocycles. The second kappa shape index (κ2) is 7.78. The number of para-hydroxylation sites is 1. The van der Waals surface area contributed by atoms with Gasteiger partial charge in [-0.25, -0.2) is 0 Å². The fourth-order valence-electron chi connectivity index (χ4n) is 2.77. The lowest BCUT2D eigenvalue weighted by Crippen LogP contribution is -2.48. The van der Waals surface area contributed by atoms with Crippen LogP contribution >= 0.6 is 0 Å². The predicted molar refractivity (Wildman–Crippen MR) is 94.6 cm³/mol. The summed E-state index contributed by atoms with van der Waals surface area (Å²) in [5, 5.41) is 11.4. The molecule has 2 heterocycles. The number of hydrogen-bond acceptors (Lipinski definition) is 7. The predicted octanol–water partition coefficient (Wildman–Crippen LogP) is 1.16. The lowest BCUT2D eigenvalue weighted by atomic mass is 10.2. The quantitative estimate of drug-likeness (QED) is 0.873. The number of carbonyl (C=O) groups is 1. The molecule has 0 bridgehead atoms. The molecule has 8 heteroatoms. The van der Waals surface area contributed by atoms with Crippen molar-refractivity contribution in [3.63, 3.8) is 0 Å². The van der Waals surface area contributed by atoms with Crippen molar-refractivity contribution in [1.29, 1.82) is 0 Å². The number of benzene rings is 1. The zero-order valence-electron chi connectivity index (χ0n) is 14.5. The van der Waals surface area contributed by atoms with E-state index in [9.17, 15) is 4.79 Å². The first-order valence-corrected chi connectivity index (χ1v) is 8.23. The molecule has 1 fully saturated rings. The van der Waals surface area contributed by atoms with Crippen molar-refractivity contribution in [2.45, 2.75) is 13.5 Å². The number of carbonyl (C=O) groups excluding carboxylic acids is 1. The molecule has 3 rings (SSSR count). The van der Waals surface area contributed by atoms with E-state index in [-0.39, 0.29) is 5.91 Å². The van der Waals surface area contributed by atoms with Crippen LogP contribution in [0.1, 0.15) is 12.5 Å². The third kappa shape index (κ3) is 4.14. The summed E-state index contributed by atoms with van der Waals surface area (Å²) in [5.41, 5.74) is 1.04. The van der Waals surface area contributed by atoms with Gasteiger partial charge in [0.1, 0.15) is 5.75 Å². The number of hydrogen-bond donors (Lipinski definition) is 1. The zero-order chi connectivity index (χ0) is 17.6. The van der Waals surface area contributed by atoms with Crippen LogP contribution in [0.5, 0.6) is 5.75 Å². The van der Waals surface area contributed by atoms with E-state index in [1.807, 2.05) is 34.1 Å². The Kier molecular flexibility index (Phi) is 5.27. The highest BCUT2D eigenvalue weighted by Crippen LogP contribution is 2.19. The van der Waals surface area contributed by atoms with Gasteiger partial charge in [-0.1, -0.05) is 18.2 Å². The van der Waals surface area contributed by atoms with E-state index in [0.29, 0.717) is 44.5 Å². The SMILES string of the molecule is COc1ccccc1CNc1cnnc(N2CCN(C(C)=O)CC2)n1. The van der Waals surface area contributed by atoms with Gasteiger partial charge in [-0.15, -0.1) is 5.10 Å². The molecule has 1 N–H and O–H groups in total. The highest BCUT2D eigenvalue weighted by molar-refractivity contribution is 5.73. The molecule has 0 aliphatic carbocycles. The van der Waals surface area contributed by atoms with Crippen molar-refractivity contribution >= 4 is 17.7 Å². The second-order valence-electron chi connectivity index (χ2n) is 5.80. The number of ether oxygens (including phenoxy) is 1. The summed E-state index contributed by atoms with van der Waals surface area (Å²) >= 11 is 0. The standard InChI is InChI=1S/C17H22N6O2/c1-13(24)22-7-9-23(10-8-22)17-20-16(12-19-21-17)18-11-14-5-3-4-6-15(14)25-2/h3-6,12H,7-11H2,1-2H3,(H,18,20,21). The third-order valence-corrected chi connectivity index (χ3v) is 4.21. The molecule has 0 radical (unpaired) electrons. The van der Waals surface area contributed by atoms with Crippen LogP contribution in [0.2, 0.25) is 0 Å². The van der Waals surface area contributed by atoms with Gasteiger partial charge >= 0.3 is 0 Å². The van der Waals surface area contributed by atoms with Crippen LogP contribution in [-0.4, -0.2) is 59.3 Å². The van der Waals surface area contributed by atoms with E-state index in [2.05, 4.69) is 20.5 Å². The molecule has 0 spiro atoms. The Bertz CT molecular complexity index is 731. The van der Waals surface area contributed by atoms with Gasteiger partial charge in [0.15, 0.2) is 5.82 Å². The summed E-state index contributed by atoms with van der Waals surface area (Å²) in [5.74, 6) is 2.17. The van der Waals surface area contributed by atoms with E-state index in [1.165, 1.54) is 0 Å². The summed E-state index contributed by atoms with van der Waals surface area (Å²) in [6.07, 6.45) is 1.60. The Hall–Kier alpha value is -2.90. The monoisotopic (exact) mass is 342 g/mol. The molecule has 0 atom stereocenters. The first kappa shape index (κ1) is 16.9. The Morgan fingerprint density at radius 2 is 2.00 bits per heavy atom. The molecule has 8 nitrogen and oxygen atoms in total. The van der Waals surface area contributed by atoms with Crippen molar-refractivity contribution in [3.8, 4) is 5.75 Å². The third-order valence-electron chi connectivity index (χ3n) is 4.21. The molecule has 1 amide bonds. The Labute approximate surface area is 146 Å². The van der Waals surface area contributed by atoms with Gasteiger partial charge in [0.25, 0.3) is 0 Å². The number of nitrogens with one attached hydrogen (secondary N) is 1. The molecule has 2 aromatic rings. The molecule has 1 aliphatic rings. The van der Waals surface area contributed by atoms with Crippen LogP contribution in [-0.2, 0) is 11.3 Å². The first-order valence-electron chi connectivity index (χ1n) is 8.23. The molecule has 132 valence electrons. The fraction of sp³-hybridized carbons (Fsp3) is 0.412. The maximum absolute atomic E-state index is 11.4. The van der Waals surface area contributed by atoms with Crippen molar-refractivity contribution < 1.29 is 9.53 Å². The van der Waals surface area contributed by atoms with E-state index in [1.54, 1.807) is 20.2 Å². The van der Waals surface area contributed by atoms with Gasteiger partial charge in [-0.05, 0) is 6.07 Å². The lowest BCUT2D eigenvalue weighted by Gasteiger charge is -2.33. The molecule has 0 unspecified atom stereocenters. The van der Waals surface area contributed by atoms with Crippen molar-refractivity contribution in [2.24, 2.45) is 0 Å². The zero-order valence-corrected chi connectivity index (χ0v) is 14.5. The largest absolute Gasteiger partial charge is 0.496 e. The number of piperazine rings is 1. The Morgan fingerprint density at radius 1 is 1.24 bits per heavy atom.